The van der Waals surface area contributed by atoms with Crippen LogP contribution in [-0.4, -0.2) is 42.9 Å². The zero-order chi connectivity index (χ0) is 22.6. The summed E-state index contributed by atoms with van der Waals surface area (Å²) in [5.41, 5.74) is 9.33. The molecule has 0 saturated carbocycles. The van der Waals surface area contributed by atoms with Crippen molar-refractivity contribution in [1.82, 2.24) is 15.5 Å². The number of carbonyl (C=O) groups excluding carboxylic acids is 1. The van der Waals surface area contributed by atoms with Crippen molar-refractivity contribution in [3.05, 3.63) is 71.3 Å². The molecular weight excluding hydrogens is 525 g/mol. The van der Waals surface area contributed by atoms with E-state index in [0.29, 0.717) is 6.54 Å². The fraction of sp³-hybridized carbons (Fsp3) is 0.462. The number of primary amides is 1. The molecule has 6 nitrogen and oxygen atoms in total. The Labute approximate surface area is 215 Å². The molecule has 1 aliphatic rings. The van der Waals surface area contributed by atoms with E-state index in [-0.39, 0.29) is 35.8 Å². The summed E-state index contributed by atoms with van der Waals surface area (Å²) in [6, 6.07) is 19.1. The van der Waals surface area contributed by atoms with E-state index in [1.165, 1.54) is 16.7 Å². The van der Waals surface area contributed by atoms with Crippen LogP contribution in [0, 0.1) is 5.92 Å². The van der Waals surface area contributed by atoms with Gasteiger partial charge in [0.05, 0.1) is 12.5 Å². The number of hydrogen-bond acceptors (Lipinski definition) is 3. The highest BCUT2D eigenvalue weighted by molar-refractivity contribution is 14.0. The van der Waals surface area contributed by atoms with Gasteiger partial charge in [0, 0.05) is 26.2 Å². The van der Waals surface area contributed by atoms with E-state index >= 15 is 0 Å². The summed E-state index contributed by atoms with van der Waals surface area (Å²) < 4.78 is 0. The van der Waals surface area contributed by atoms with Crippen molar-refractivity contribution in [3.63, 3.8) is 0 Å². The summed E-state index contributed by atoms with van der Waals surface area (Å²) in [4.78, 5) is 18.6. The molecule has 180 valence electrons. The van der Waals surface area contributed by atoms with Crippen molar-refractivity contribution in [2.24, 2.45) is 16.6 Å². The van der Waals surface area contributed by atoms with Crippen molar-refractivity contribution in [3.8, 4) is 0 Å². The number of piperidine rings is 1. The topological polar surface area (TPSA) is 82.8 Å². The van der Waals surface area contributed by atoms with Gasteiger partial charge in [0.1, 0.15) is 0 Å². The largest absolute Gasteiger partial charge is 0.369 e. The van der Waals surface area contributed by atoms with Gasteiger partial charge in [-0.2, -0.15) is 0 Å². The molecule has 1 atom stereocenters. The zero-order valence-electron chi connectivity index (χ0n) is 19.6. The van der Waals surface area contributed by atoms with Gasteiger partial charge in [-0.15, -0.1) is 24.0 Å². The van der Waals surface area contributed by atoms with E-state index in [9.17, 15) is 4.79 Å². The molecule has 1 amide bonds. The van der Waals surface area contributed by atoms with Gasteiger partial charge in [0.15, 0.2) is 5.96 Å². The minimum Gasteiger partial charge on any atom is -0.369 e. The lowest BCUT2D eigenvalue weighted by Gasteiger charge is -2.31. The Hall–Kier alpha value is -2.13. The summed E-state index contributed by atoms with van der Waals surface area (Å²) in [7, 11) is 0. The van der Waals surface area contributed by atoms with Crippen LogP contribution in [0.15, 0.2) is 59.6 Å². The molecule has 0 spiro atoms. The van der Waals surface area contributed by atoms with E-state index in [4.69, 9.17) is 10.7 Å². The second kappa shape index (κ2) is 14.9. The summed E-state index contributed by atoms with van der Waals surface area (Å²) >= 11 is 0. The van der Waals surface area contributed by atoms with Crippen molar-refractivity contribution in [1.29, 1.82) is 0 Å². The van der Waals surface area contributed by atoms with E-state index in [0.717, 1.165) is 64.4 Å². The van der Waals surface area contributed by atoms with Gasteiger partial charge in [-0.25, -0.2) is 4.99 Å². The van der Waals surface area contributed by atoms with Crippen molar-refractivity contribution in [2.45, 2.75) is 45.7 Å². The summed E-state index contributed by atoms with van der Waals surface area (Å²) in [5, 5.41) is 6.78. The van der Waals surface area contributed by atoms with Crippen molar-refractivity contribution >= 4 is 35.8 Å². The smallest absolute Gasteiger partial charge is 0.221 e. The Morgan fingerprint density at radius 2 is 1.85 bits per heavy atom. The molecule has 2 aromatic carbocycles. The Morgan fingerprint density at radius 3 is 2.61 bits per heavy atom. The van der Waals surface area contributed by atoms with Crippen LogP contribution in [0.5, 0.6) is 0 Å². The number of aliphatic imine (C=N–C) groups is 1. The first-order chi connectivity index (χ1) is 15.6. The maximum Gasteiger partial charge on any atom is 0.221 e. The van der Waals surface area contributed by atoms with Crippen LogP contribution >= 0.6 is 24.0 Å². The van der Waals surface area contributed by atoms with Gasteiger partial charge in [-0.3, -0.25) is 9.69 Å². The fourth-order valence-electron chi connectivity index (χ4n) is 4.17. The standard InChI is InChI=1S/C26H37N5O.HI/c1-2-28-26(29-15-7-13-21-9-4-3-5-10-21)30-18-22-11-6-12-23(17-22)19-31-16-8-14-24(20-31)25(27)32;/h3-6,9-12,17,24H,2,7-8,13-16,18-20H2,1H3,(H2,27,32)(H2,28,29,30);1H. The SMILES string of the molecule is CCNC(=NCc1cccc(CN2CCCC(C(N)=O)C2)c1)NCCCc1ccccc1.I. The van der Waals surface area contributed by atoms with Crippen LogP contribution < -0.4 is 16.4 Å². The Balaban J connectivity index is 0.00000385. The number of nitrogens with zero attached hydrogens (tertiary/aromatic N) is 2. The van der Waals surface area contributed by atoms with Crippen LogP contribution in [-0.2, 0) is 24.3 Å². The van der Waals surface area contributed by atoms with Gasteiger partial charge in [0.2, 0.25) is 5.91 Å². The number of hydrogen-bond donors (Lipinski definition) is 3. The molecule has 0 aliphatic carbocycles. The average molecular weight is 564 g/mol. The van der Waals surface area contributed by atoms with Crippen molar-refractivity contribution in [2.75, 3.05) is 26.2 Å². The highest BCUT2D eigenvalue weighted by Gasteiger charge is 2.23. The lowest BCUT2D eigenvalue weighted by molar-refractivity contribution is -0.123. The van der Waals surface area contributed by atoms with Crippen LogP contribution in [0.1, 0.15) is 42.9 Å². The third-order valence-electron chi connectivity index (χ3n) is 5.85. The quantitative estimate of drug-likeness (QED) is 0.178. The molecule has 1 heterocycles. The molecule has 4 N–H and O–H groups in total. The molecule has 1 aliphatic heterocycles. The second-order valence-corrected chi connectivity index (χ2v) is 8.51. The molecule has 2 aromatic rings. The third-order valence-corrected chi connectivity index (χ3v) is 5.85. The van der Waals surface area contributed by atoms with Crippen LogP contribution in [0.25, 0.3) is 0 Å². The molecule has 3 rings (SSSR count). The fourth-order valence-corrected chi connectivity index (χ4v) is 4.17. The molecule has 0 bridgehead atoms. The monoisotopic (exact) mass is 563 g/mol. The predicted molar refractivity (Wildman–Crippen MR) is 147 cm³/mol. The van der Waals surface area contributed by atoms with Crippen LogP contribution in [0.2, 0.25) is 0 Å². The third kappa shape index (κ3) is 9.71. The van der Waals surface area contributed by atoms with E-state index in [2.05, 4.69) is 77.1 Å². The van der Waals surface area contributed by atoms with Gasteiger partial charge in [0.25, 0.3) is 0 Å². The number of likely N-dealkylation sites (tertiary alicyclic amines) is 1. The first kappa shape index (κ1) is 27.1. The van der Waals surface area contributed by atoms with Gasteiger partial charge < -0.3 is 16.4 Å². The molecule has 1 fully saturated rings. The predicted octanol–water partition coefficient (Wildman–Crippen LogP) is 3.69. The zero-order valence-corrected chi connectivity index (χ0v) is 22.0. The Bertz CT molecular complexity index is 874. The molecule has 1 unspecified atom stereocenters. The average Bonchev–Trinajstić information content (AvgIpc) is 2.81. The molecule has 7 heteroatoms. The first-order valence-corrected chi connectivity index (χ1v) is 11.8. The molecule has 0 radical (unpaired) electrons. The summed E-state index contributed by atoms with van der Waals surface area (Å²) in [5.74, 6) is 0.656. The van der Waals surface area contributed by atoms with Crippen LogP contribution in [0.3, 0.4) is 0 Å². The number of guanidine groups is 1. The lowest BCUT2D eigenvalue weighted by Crippen LogP contribution is -2.40. The maximum atomic E-state index is 11.5. The first-order valence-electron chi connectivity index (χ1n) is 11.8. The van der Waals surface area contributed by atoms with E-state index < -0.39 is 0 Å². The molecular formula is C26H38IN5O. The summed E-state index contributed by atoms with van der Waals surface area (Å²) in [6.07, 6.45) is 4.06. The van der Waals surface area contributed by atoms with Gasteiger partial charge >= 0.3 is 0 Å². The highest BCUT2D eigenvalue weighted by Crippen LogP contribution is 2.19. The second-order valence-electron chi connectivity index (χ2n) is 8.51. The number of nitrogens with two attached hydrogens (primary N) is 1. The maximum absolute atomic E-state index is 11.5. The normalized spacial score (nSPS) is 16.6. The summed E-state index contributed by atoms with van der Waals surface area (Å²) in [6.45, 7) is 7.06. The highest BCUT2D eigenvalue weighted by atomic mass is 127. The van der Waals surface area contributed by atoms with Gasteiger partial charge in [-0.05, 0) is 55.8 Å². The molecule has 0 aromatic heterocycles. The number of aryl methyl sites for hydroxylation is 1. The van der Waals surface area contributed by atoms with Crippen molar-refractivity contribution < 1.29 is 4.79 Å². The number of carbonyl (C=O) groups is 1. The number of rotatable bonds is 10. The number of benzene rings is 2. The van der Waals surface area contributed by atoms with Gasteiger partial charge in [-0.1, -0.05) is 54.6 Å². The van der Waals surface area contributed by atoms with E-state index in [1.807, 2.05) is 0 Å². The molecule has 1 saturated heterocycles. The number of nitrogens with one attached hydrogen (secondary N) is 2. The number of halogens is 1. The minimum absolute atomic E-state index is 0. The Morgan fingerprint density at radius 1 is 1.09 bits per heavy atom. The number of amides is 1. The molecule has 33 heavy (non-hydrogen) atoms. The minimum atomic E-state index is -0.176. The Kier molecular flexibility index (Phi) is 12.2. The van der Waals surface area contributed by atoms with E-state index in [1.54, 1.807) is 0 Å². The lowest BCUT2D eigenvalue weighted by atomic mass is 9.97. The van der Waals surface area contributed by atoms with Crippen LogP contribution in [0.4, 0.5) is 0 Å².